The number of aromatic nitrogens is 4. The average molecular weight is 463 g/mol. The van der Waals surface area contributed by atoms with Crippen LogP contribution in [0.2, 0.25) is 0 Å². The molecule has 10 heteroatoms. The van der Waals surface area contributed by atoms with E-state index in [4.69, 9.17) is 9.15 Å². The second-order valence-electron chi connectivity index (χ2n) is 8.97. The topological polar surface area (TPSA) is 118 Å². The quantitative estimate of drug-likeness (QED) is 0.449. The highest BCUT2D eigenvalue weighted by Crippen LogP contribution is 2.34. The zero-order valence-corrected chi connectivity index (χ0v) is 18.7. The normalized spacial score (nSPS) is 19.3. The number of piperidine rings is 1. The lowest BCUT2D eigenvalue weighted by molar-refractivity contribution is -0.119. The Balaban J connectivity index is 1.28. The van der Waals surface area contributed by atoms with Crippen LogP contribution >= 0.6 is 0 Å². The molecule has 1 amide bonds. The largest absolute Gasteiger partial charge is 0.474 e. The van der Waals surface area contributed by atoms with Crippen molar-refractivity contribution in [3.63, 3.8) is 0 Å². The molecule has 0 radical (unpaired) electrons. The molecule has 0 aliphatic carbocycles. The molecule has 4 aromatic heterocycles. The van der Waals surface area contributed by atoms with Crippen molar-refractivity contribution in [1.29, 1.82) is 0 Å². The lowest BCUT2D eigenvalue weighted by atomic mass is 9.98. The summed E-state index contributed by atoms with van der Waals surface area (Å²) in [6.45, 7) is 2.33. The van der Waals surface area contributed by atoms with Crippen LogP contribution in [0.15, 0.2) is 41.1 Å². The van der Waals surface area contributed by atoms with E-state index in [9.17, 15) is 9.90 Å². The van der Waals surface area contributed by atoms with Crippen LogP contribution in [0.25, 0.3) is 28.1 Å². The summed E-state index contributed by atoms with van der Waals surface area (Å²) in [5.41, 5.74) is 2.15. The Morgan fingerprint density at radius 3 is 2.85 bits per heavy atom. The summed E-state index contributed by atoms with van der Waals surface area (Å²) in [6, 6.07) is 7.49. The molecule has 6 heterocycles. The number of nitrogens with zero attached hydrogens (tertiary/aromatic N) is 5. The van der Waals surface area contributed by atoms with Crippen molar-refractivity contribution in [3.05, 3.63) is 36.7 Å². The van der Waals surface area contributed by atoms with Crippen LogP contribution in [-0.4, -0.2) is 62.9 Å². The number of ether oxygens (including phenoxy) is 1. The molecule has 2 N–H and O–H groups in total. The fraction of sp³-hybridized carbons (Fsp3) is 0.417. The van der Waals surface area contributed by atoms with Crippen molar-refractivity contribution >= 4 is 28.3 Å². The van der Waals surface area contributed by atoms with E-state index in [1.807, 2.05) is 18.2 Å². The van der Waals surface area contributed by atoms with Gasteiger partial charge in [0.05, 0.1) is 17.6 Å². The Hall–Kier alpha value is -3.66. The predicted octanol–water partition coefficient (Wildman–Crippen LogP) is 2.40. The van der Waals surface area contributed by atoms with Crippen LogP contribution in [0.5, 0.6) is 5.88 Å². The van der Waals surface area contributed by atoms with Crippen LogP contribution in [0, 0.1) is 5.92 Å². The maximum absolute atomic E-state index is 11.4. The molecule has 1 atom stereocenters. The number of rotatable bonds is 6. The molecule has 6 rings (SSSR count). The minimum atomic E-state index is 0.0102. The molecule has 2 aliphatic heterocycles. The SMILES string of the molecule is O=C1CCC(COc2ccc3ncc(-c4cc5c(N6CCC(CO)CC6)nccc5o4)n3n2)N1. The molecule has 176 valence electrons. The van der Waals surface area contributed by atoms with Crippen LogP contribution < -0.4 is 15.0 Å². The van der Waals surface area contributed by atoms with Gasteiger partial charge in [-0.05, 0) is 43.4 Å². The highest BCUT2D eigenvalue weighted by molar-refractivity contribution is 5.92. The number of furan rings is 1. The summed E-state index contributed by atoms with van der Waals surface area (Å²) < 4.78 is 13.7. The standard InChI is InChI=1S/C24H26N6O4/c31-13-15-6-9-29(10-7-15)24-17-11-20(34-19(17)5-8-25-24)18-12-26-21-2-4-23(28-30(18)21)33-14-16-1-3-22(32)27-16/h2,4-5,8,11-12,15-16,31H,1,3,6-7,9-10,13-14H2,(H,27,32). The molecule has 4 aromatic rings. The van der Waals surface area contributed by atoms with Crippen LogP contribution in [0.1, 0.15) is 25.7 Å². The zero-order chi connectivity index (χ0) is 23.1. The first-order valence-electron chi connectivity index (χ1n) is 11.7. The molecule has 2 fully saturated rings. The number of anilines is 1. The summed E-state index contributed by atoms with van der Waals surface area (Å²) in [7, 11) is 0. The van der Waals surface area contributed by atoms with E-state index < -0.39 is 0 Å². The maximum atomic E-state index is 11.4. The van der Waals surface area contributed by atoms with Crippen molar-refractivity contribution < 1.29 is 19.1 Å². The predicted molar refractivity (Wildman–Crippen MR) is 125 cm³/mol. The maximum Gasteiger partial charge on any atom is 0.231 e. The molecular formula is C24H26N6O4. The first kappa shape index (κ1) is 20.9. The lowest BCUT2D eigenvalue weighted by Crippen LogP contribution is -2.35. The van der Waals surface area contributed by atoms with E-state index in [-0.39, 0.29) is 18.6 Å². The van der Waals surface area contributed by atoms with E-state index >= 15 is 0 Å². The van der Waals surface area contributed by atoms with Crippen molar-refractivity contribution in [2.45, 2.75) is 31.7 Å². The molecular weight excluding hydrogens is 436 g/mol. The zero-order valence-electron chi connectivity index (χ0n) is 18.7. The first-order chi connectivity index (χ1) is 16.7. The smallest absolute Gasteiger partial charge is 0.231 e. The van der Waals surface area contributed by atoms with E-state index in [2.05, 4.69) is 25.3 Å². The van der Waals surface area contributed by atoms with Gasteiger partial charge in [-0.2, -0.15) is 0 Å². The van der Waals surface area contributed by atoms with Gasteiger partial charge in [0.1, 0.15) is 23.7 Å². The van der Waals surface area contributed by atoms with Gasteiger partial charge in [0.25, 0.3) is 0 Å². The van der Waals surface area contributed by atoms with E-state index in [0.29, 0.717) is 36.2 Å². The second-order valence-corrected chi connectivity index (χ2v) is 8.97. The first-order valence-corrected chi connectivity index (χ1v) is 11.7. The van der Waals surface area contributed by atoms with Gasteiger partial charge in [0, 0.05) is 38.4 Å². The molecule has 10 nitrogen and oxygen atoms in total. The van der Waals surface area contributed by atoms with Gasteiger partial charge < -0.3 is 24.5 Å². The fourth-order valence-corrected chi connectivity index (χ4v) is 4.74. The van der Waals surface area contributed by atoms with Crippen LogP contribution in [-0.2, 0) is 4.79 Å². The van der Waals surface area contributed by atoms with Crippen LogP contribution in [0.4, 0.5) is 5.82 Å². The Morgan fingerprint density at radius 2 is 2.06 bits per heavy atom. The second kappa shape index (κ2) is 8.60. The number of aliphatic hydroxyl groups excluding tert-OH is 1. The average Bonchev–Trinajstić information content (AvgIpc) is 3.60. The minimum absolute atomic E-state index is 0.0102. The summed E-state index contributed by atoms with van der Waals surface area (Å²) >= 11 is 0. The summed E-state index contributed by atoms with van der Waals surface area (Å²) in [5.74, 6) is 2.42. The molecule has 0 aromatic carbocycles. The molecule has 2 aliphatic rings. The van der Waals surface area contributed by atoms with Crippen molar-refractivity contribution in [3.8, 4) is 17.3 Å². The summed E-state index contributed by atoms with van der Waals surface area (Å²) in [4.78, 5) is 22.8. The third-order valence-electron chi connectivity index (χ3n) is 6.70. The molecule has 2 saturated heterocycles. The van der Waals surface area contributed by atoms with Gasteiger partial charge in [-0.3, -0.25) is 4.79 Å². The van der Waals surface area contributed by atoms with Gasteiger partial charge in [-0.1, -0.05) is 0 Å². The molecule has 1 unspecified atom stereocenters. The monoisotopic (exact) mass is 462 g/mol. The van der Waals surface area contributed by atoms with Crippen LogP contribution in [0.3, 0.4) is 0 Å². The number of pyridine rings is 1. The van der Waals surface area contributed by atoms with E-state index in [0.717, 1.165) is 54.8 Å². The van der Waals surface area contributed by atoms with Gasteiger partial charge >= 0.3 is 0 Å². The number of carbonyl (C=O) groups is 1. The number of fused-ring (bicyclic) bond motifs is 2. The number of hydrogen-bond acceptors (Lipinski definition) is 8. The number of aliphatic hydroxyl groups is 1. The van der Waals surface area contributed by atoms with Gasteiger partial charge in [-0.25, -0.2) is 14.5 Å². The van der Waals surface area contributed by atoms with Gasteiger partial charge in [-0.15, -0.1) is 5.10 Å². The minimum Gasteiger partial charge on any atom is -0.474 e. The van der Waals surface area contributed by atoms with Crippen molar-refractivity contribution in [2.24, 2.45) is 5.92 Å². The number of nitrogens with one attached hydrogen (secondary N) is 1. The number of imidazole rings is 1. The number of amides is 1. The van der Waals surface area contributed by atoms with E-state index in [1.165, 1.54) is 0 Å². The lowest BCUT2D eigenvalue weighted by Gasteiger charge is -2.32. The molecule has 0 bridgehead atoms. The highest BCUT2D eigenvalue weighted by atomic mass is 16.5. The third kappa shape index (κ3) is 3.83. The fourth-order valence-electron chi connectivity index (χ4n) is 4.74. The van der Waals surface area contributed by atoms with Gasteiger partial charge in [0.2, 0.25) is 11.8 Å². The molecule has 0 saturated carbocycles. The Kier molecular flexibility index (Phi) is 5.29. The summed E-state index contributed by atoms with van der Waals surface area (Å²) in [5, 5.41) is 17.9. The Bertz CT molecular complexity index is 1340. The Labute approximate surface area is 195 Å². The van der Waals surface area contributed by atoms with Gasteiger partial charge in [0.15, 0.2) is 11.4 Å². The third-order valence-corrected chi connectivity index (χ3v) is 6.70. The van der Waals surface area contributed by atoms with E-state index in [1.54, 1.807) is 23.0 Å². The molecule has 0 spiro atoms. The number of hydrogen-bond donors (Lipinski definition) is 2. The number of carbonyl (C=O) groups excluding carboxylic acids is 1. The Morgan fingerprint density at radius 1 is 1.18 bits per heavy atom. The highest BCUT2D eigenvalue weighted by Gasteiger charge is 2.24. The van der Waals surface area contributed by atoms with Crippen molar-refractivity contribution in [2.75, 3.05) is 31.2 Å². The molecule has 34 heavy (non-hydrogen) atoms. The summed E-state index contributed by atoms with van der Waals surface area (Å²) in [6.07, 6.45) is 6.71. The van der Waals surface area contributed by atoms with Crippen molar-refractivity contribution in [1.82, 2.24) is 24.9 Å².